The van der Waals surface area contributed by atoms with E-state index in [2.05, 4.69) is 37.4 Å². The standard InChI is InChI=1S/C24H19N7O2/c1-2-22(32)29-16-6-3-5-15(11-16)24(33)26-13-17-12-19-18(8-10-25-23(19)30-17)20-14-28-31-21(20)7-4-9-27-31/h2-12,14H,1,13H2,(H,25,30)(H,26,33)(H,29,32). The smallest absolute Gasteiger partial charge is 0.251 e. The van der Waals surface area contributed by atoms with E-state index in [1.807, 2.05) is 24.3 Å². The Kier molecular flexibility index (Phi) is 5.12. The zero-order chi connectivity index (χ0) is 22.8. The van der Waals surface area contributed by atoms with Crippen LogP contribution in [0, 0.1) is 0 Å². The highest BCUT2D eigenvalue weighted by atomic mass is 16.2. The van der Waals surface area contributed by atoms with Crippen molar-refractivity contribution < 1.29 is 9.59 Å². The predicted molar refractivity (Wildman–Crippen MR) is 125 cm³/mol. The summed E-state index contributed by atoms with van der Waals surface area (Å²) in [6, 6.07) is 14.4. The monoisotopic (exact) mass is 437 g/mol. The van der Waals surface area contributed by atoms with Gasteiger partial charge in [-0.15, -0.1) is 0 Å². The Morgan fingerprint density at radius 3 is 2.85 bits per heavy atom. The molecule has 3 N–H and O–H groups in total. The van der Waals surface area contributed by atoms with E-state index in [1.165, 1.54) is 6.08 Å². The Morgan fingerprint density at radius 2 is 1.97 bits per heavy atom. The molecular formula is C24H19N7O2. The van der Waals surface area contributed by atoms with E-state index in [0.717, 1.165) is 27.7 Å². The molecule has 9 heteroatoms. The minimum atomic E-state index is -0.337. The number of pyridine rings is 1. The van der Waals surface area contributed by atoms with E-state index in [4.69, 9.17) is 0 Å². The summed E-state index contributed by atoms with van der Waals surface area (Å²) < 4.78 is 1.58. The maximum absolute atomic E-state index is 12.6. The van der Waals surface area contributed by atoms with Crippen LogP contribution in [0.5, 0.6) is 0 Å². The molecule has 0 aliphatic rings. The number of carbonyl (C=O) groups is 2. The van der Waals surface area contributed by atoms with Gasteiger partial charge in [0.15, 0.2) is 0 Å². The highest BCUT2D eigenvalue weighted by Crippen LogP contribution is 2.30. The van der Waals surface area contributed by atoms with Crippen LogP contribution in [0.25, 0.3) is 27.7 Å². The maximum atomic E-state index is 12.6. The molecular weight excluding hydrogens is 418 g/mol. The van der Waals surface area contributed by atoms with Gasteiger partial charge < -0.3 is 15.6 Å². The second kappa shape index (κ2) is 8.39. The number of benzene rings is 1. The van der Waals surface area contributed by atoms with Gasteiger partial charge in [0, 0.05) is 40.3 Å². The largest absolute Gasteiger partial charge is 0.346 e. The van der Waals surface area contributed by atoms with E-state index in [-0.39, 0.29) is 18.4 Å². The van der Waals surface area contributed by atoms with Crippen molar-refractivity contribution in [3.63, 3.8) is 0 Å². The lowest BCUT2D eigenvalue weighted by Crippen LogP contribution is -2.23. The van der Waals surface area contributed by atoms with Crippen molar-refractivity contribution in [2.75, 3.05) is 5.32 Å². The lowest BCUT2D eigenvalue weighted by Gasteiger charge is -2.07. The molecule has 0 unspecified atom stereocenters. The van der Waals surface area contributed by atoms with Gasteiger partial charge in [0.05, 0.1) is 18.3 Å². The molecule has 33 heavy (non-hydrogen) atoms. The first-order chi connectivity index (χ1) is 16.1. The molecule has 2 amide bonds. The minimum Gasteiger partial charge on any atom is -0.346 e. The van der Waals surface area contributed by atoms with E-state index >= 15 is 0 Å². The van der Waals surface area contributed by atoms with Crippen LogP contribution < -0.4 is 10.6 Å². The molecule has 0 radical (unpaired) electrons. The van der Waals surface area contributed by atoms with Crippen LogP contribution in [-0.4, -0.2) is 36.6 Å². The van der Waals surface area contributed by atoms with Gasteiger partial charge in [-0.2, -0.15) is 14.8 Å². The Bertz CT molecular complexity index is 1520. The van der Waals surface area contributed by atoms with Crippen molar-refractivity contribution >= 4 is 34.1 Å². The van der Waals surface area contributed by atoms with E-state index < -0.39 is 0 Å². The number of hydrogen-bond acceptors (Lipinski definition) is 5. The van der Waals surface area contributed by atoms with Gasteiger partial charge in [-0.1, -0.05) is 12.6 Å². The summed E-state index contributed by atoms with van der Waals surface area (Å²) in [6.45, 7) is 3.71. The summed E-state index contributed by atoms with van der Waals surface area (Å²) in [5.41, 5.74) is 5.30. The molecule has 0 spiro atoms. The highest BCUT2D eigenvalue weighted by molar-refractivity contribution is 6.01. The van der Waals surface area contributed by atoms with Gasteiger partial charge in [0.25, 0.3) is 5.91 Å². The summed E-state index contributed by atoms with van der Waals surface area (Å²) in [7, 11) is 0. The number of nitrogens with one attached hydrogen (secondary N) is 3. The first kappa shape index (κ1) is 20.1. The molecule has 0 bridgehead atoms. The van der Waals surface area contributed by atoms with Crippen molar-refractivity contribution in [1.29, 1.82) is 0 Å². The van der Waals surface area contributed by atoms with Crippen LogP contribution in [0.2, 0.25) is 0 Å². The zero-order valence-electron chi connectivity index (χ0n) is 17.4. The molecule has 9 nitrogen and oxygen atoms in total. The fourth-order valence-corrected chi connectivity index (χ4v) is 3.66. The lowest BCUT2D eigenvalue weighted by molar-refractivity contribution is -0.111. The number of hydrogen-bond donors (Lipinski definition) is 3. The Morgan fingerprint density at radius 1 is 1.06 bits per heavy atom. The van der Waals surface area contributed by atoms with Crippen LogP contribution >= 0.6 is 0 Å². The molecule has 162 valence electrons. The third kappa shape index (κ3) is 3.94. The summed E-state index contributed by atoms with van der Waals surface area (Å²) in [4.78, 5) is 31.8. The molecule has 0 aliphatic carbocycles. The number of H-pyrrole nitrogens is 1. The quantitative estimate of drug-likeness (QED) is 0.352. The number of aromatic amines is 1. The van der Waals surface area contributed by atoms with Gasteiger partial charge in [0.2, 0.25) is 5.91 Å². The number of rotatable bonds is 6. The molecule has 1 aromatic carbocycles. The van der Waals surface area contributed by atoms with Crippen LogP contribution in [-0.2, 0) is 11.3 Å². The number of amides is 2. The first-order valence-electron chi connectivity index (χ1n) is 10.2. The molecule has 0 aliphatic heterocycles. The average Bonchev–Trinajstić information content (AvgIpc) is 3.46. The summed E-state index contributed by atoms with van der Waals surface area (Å²) >= 11 is 0. The molecule has 0 fully saturated rings. The minimum absolute atomic E-state index is 0.259. The van der Waals surface area contributed by atoms with E-state index in [9.17, 15) is 9.59 Å². The third-order valence-electron chi connectivity index (χ3n) is 5.20. The normalized spacial score (nSPS) is 10.9. The van der Waals surface area contributed by atoms with Crippen LogP contribution in [0.3, 0.4) is 0 Å². The second-order valence-corrected chi connectivity index (χ2v) is 7.33. The molecule has 4 heterocycles. The second-order valence-electron chi connectivity index (χ2n) is 7.33. The maximum Gasteiger partial charge on any atom is 0.251 e. The molecule has 0 atom stereocenters. The number of aromatic nitrogens is 5. The van der Waals surface area contributed by atoms with E-state index in [1.54, 1.807) is 47.5 Å². The molecule has 0 saturated heterocycles. The Labute approximate surface area is 188 Å². The fraction of sp³-hybridized carbons (Fsp3) is 0.0417. The number of carbonyl (C=O) groups excluding carboxylic acids is 2. The van der Waals surface area contributed by atoms with Crippen molar-refractivity contribution in [2.24, 2.45) is 0 Å². The topological polar surface area (TPSA) is 117 Å². The van der Waals surface area contributed by atoms with Gasteiger partial charge in [-0.25, -0.2) is 4.98 Å². The number of fused-ring (bicyclic) bond motifs is 2. The van der Waals surface area contributed by atoms with Gasteiger partial charge in [-0.05, 0) is 54.1 Å². The number of anilines is 1. The van der Waals surface area contributed by atoms with Crippen molar-refractivity contribution in [1.82, 2.24) is 30.1 Å². The third-order valence-corrected chi connectivity index (χ3v) is 5.20. The molecule has 5 rings (SSSR count). The van der Waals surface area contributed by atoms with Crippen molar-refractivity contribution in [3.8, 4) is 11.1 Å². The van der Waals surface area contributed by atoms with Crippen molar-refractivity contribution in [2.45, 2.75) is 6.54 Å². The van der Waals surface area contributed by atoms with Gasteiger partial charge in [0.1, 0.15) is 5.65 Å². The number of nitrogens with zero attached hydrogens (tertiary/aromatic N) is 4. The zero-order valence-corrected chi connectivity index (χ0v) is 17.4. The summed E-state index contributed by atoms with van der Waals surface area (Å²) in [5.74, 6) is -0.596. The summed E-state index contributed by atoms with van der Waals surface area (Å²) in [6.07, 6.45) is 6.38. The predicted octanol–water partition coefficient (Wildman–Crippen LogP) is 3.33. The average molecular weight is 437 g/mol. The van der Waals surface area contributed by atoms with Gasteiger partial charge in [-0.3, -0.25) is 9.59 Å². The Hall–Kier alpha value is -4.79. The van der Waals surface area contributed by atoms with Crippen molar-refractivity contribution in [3.05, 3.63) is 91.0 Å². The Balaban J connectivity index is 1.37. The highest BCUT2D eigenvalue weighted by Gasteiger charge is 2.14. The van der Waals surface area contributed by atoms with Crippen LogP contribution in [0.1, 0.15) is 16.1 Å². The molecule has 4 aromatic heterocycles. The SMILES string of the molecule is C=CC(=O)Nc1cccc(C(=O)NCc2cc3c(-c4cnn5ncccc45)ccnc3[nH]2)c1. The summed E-state index contributed by atoms with van der Waals surface area (Å²) in [5, 5.41) is 15.0. The fourth-order valence-electron chi connectivity index (χ4n) is 3.66. The first-order valence-corrected chi connectivity index (χ1v) is 10.2. The molecule has 5 aromatic rings. The van der Waals surface area contributed by atoms with Gasteiger partial charge >= 0.3 is 0 Å². The molecule has 0 saturated carbocycles. The lowest BCUT2D eigenvalue weighted by atomic mass is 10.1. The van der Waals surface area contributed by atoms with Crippen LogP contribution in [0.4, 0.5) is 5.69 Å². The van der Waals surface area contributed by atoms with E-state index in [0.29, 0.717) is 16.9 Å². The van der Waals surface area contributed by atoms with Crippen LogP contribution in [0.15, 0.2) is 79.8 Å².